The molecule has 0 spiro atoms. The molecule has 6 aliphatic heterocycles. The highest BCUT2D eigenvalue weighted by molar-refractivity contribution is 7.59. The molecule has 0 aliphatic carbocycles. The van der Waals surface area contributed by atoms with Crippen LogP contribution in [0.4, 0.5) is 0 Å². The van der Waals surface area contributed by atoms with Crippen LogP contribution in [-0.2, 0) is 56.5 Å². The van der Waals surface area contributed by atoms with Crippen molar-refractivity contribution in [2.45, 2.75) is 128 Å². The van der Waals surface area contributed by atoms with E-state index < -0.39 is 67.5 Å². The number of hydrogen-bond acceptors (Lipinski definition) is 12. The lowest BCUT2D eigenvalue weighted by molar-refractivity contribution is -0.226. The predicted molar refractivity (Wildman–Crippen MR) is 139 cm³/mol. The van der Waals surface area contributed by atoms with Crippen molar-refractivity contribution >= 4 is 7.37 Å². The molecule has 0 unspecified atom stereocenters. The van der Waals surface area contributed by atoms with Crippen LogP contribution in [0.25, 0.3) is 0 Å². The van der Waals surface area contributed by atoms with Crippen LogP contribution >= 0.6 is 7.37 Å². The second-order valence-corrected chi connectivity index (χ2v) is 16.3. The Labute approximate surface area is 236 Å². The minimum absolute atomic E-state index is 0.202. The first-order valence-corrected chi connectivity index (χ1v) is 16.3. The summed E-state index contributed by atoms with van der Waals surface area (Å²) >= 11 is 0. The molecule has 0 aromatic carbocycles. The molecule has 6 aliphatic rings. The van der Waals surface area contributed by atoms with Crippen molar-refractivity contribution in [3.8, 4) is 0 Å². The Hall–Kier alpha value is -0.210. The quantitative estimate of drug-likeness (QED) is 0.404. The maximum Gasteiger partial charge on any atom is 0.203 e. The molecule has 0 amide bonds. The fraction of sp³-hybridized carbons (Fsp3) is 1.00. The second kappa shape index (κ2) is 9.90. The number of rotatable bonds is 7. The van der Waals surface area contributed by atoms with E-state index in [1.165, 1.54) is 7.11 Å². The summed E-state index contributed by atoms with van der Waals surface area (Å²) in [6.07, 6.45) is -3.29. The first-order valence-electron chi connectivity index (χ1n) is 14.3. The molecular weight excluding hydrogens is 547 g/mol. The molecule has 0 N–H and O–H groups in total. The van der Waals surface area contributed by atoms with Gasteiger partial charge in [0.2, 0.25) is 7.37 Å². The standard InChI is InChI=1S/C27H45O12P/c1-24(2)30-10-16(34-24)18-14(20-22(32-18)38-26(5,6)36-20)12-40(28,29-9)13-15-19(17-11-31-25(3,4)35-17)33-23-21(15)37-27(7,8)39-23/h14-23H,10-13H2,1-9H3/t14-,15-,16-,17-,18+,19+,20-,21-,22-,23-/m1/s1. The molecular formula is C27H45O12P. The first-order chi connectivity index (χ1) is 18.5. The molecule has 0 saturated carbocycles. The lowest BCUT2D eigenvalue weighted by Gasteiger charge is -2.33. The van der Waals surface area contributed by atoms with Crippen molar-refractivity contribution in [3.05, 3.63) is 0 Å². The molecule has 0 aromatic heterocycles. The minimum Gasteiger partial charge on any atom is -0.348 e. The molecule has 6 saturated heterocycles. The molecule has 0 radical (unpaired) electrons. The maximum atomic E-state index is 14.7. The van der Waals surface area contributed by atoms with Gasteiger partial charge in [0.25, 0.3) is 0 Å². The average Bonchev–Trinajstić information content (AvgIpc) is 3.63. The van der Waals surface area contributed by atoms with Gasteiger partial charge in [-0.2, -0.15) is 0 Å². The molecule has 0 aromatic rings. The van der Waals surface area contributed by atoms with Crippen LogP contribution in [0.5, 0.6) is 0 Å². The van der Waals surface area contributed by atoms with Crippen LogP contribution in [0.1, 0.15) is 55.4 Å². The smallest absolute Gasteiger partial charge is 0.203 e. The van der Waals surface area contributed by atoms with Gasteiger partial charge in [0.15, 0.2) is 35.7 Å². The van der Waals surface area contributed by atoms with E-state index in [4.69, 9.17) is 51.9 Å². The Morgan fingerprint density at radius 3 is 1.32 bits per heavy atom. The second-order valence-electron chi connectivity index (χ2n) is 13.6. The Morgan fingerprint density at radius 2 is 1.00 bits per heavy atom. The SMILES string of the molecule is COP(=O)(C[C@H]1[C@H]2OC(C)(C)O[C@H]2O[C@@H]1[C@H]1COC(C)(C)O1)C[C@H]1[C@H]2OC(C)(C)O[C@H]2O[C@@H]1[C@H]1COC(C)(C)O1. The third-order valence-corrected chi connectivity index (χ3v) is 11.2. The van der Waals surface area contributed by atoms with Gasteiger partial charge >= 0.3 is 0 Å². The van der Waals surface area contributed by atoms with E-state index in [0.29, 0.717) is 13.2 Å². The Bertz CT molecular complexity index is 941. The van der Waals surface area contributed by atoms with Gasteiger partial charge in [0.1, 0.15) is 24.4 Å². The molecule has 13 heteroatoms. The summed E-state index contributed by atoms with van der Waals surface area (Å²) in [5.41, 5.74) is 0. The first kappa shape index (κ1) is 29.8. The van der Waals surface area contributed by atoms with Crippen molar-refractivity contribution in [3.63, 3.8) is 0 Å². The molecule has 6 rings (SSSR count). The highest BCUT2D eigenvalue weighted by atomic mass is 31.2. The summed E-state index contributed by atoms with van der Waals surface area (Å²) in [6, 6.07) is 0. The number of ether oxygens (including phenoxy) is 10. The molecule has 12 nitrogen and oxygen atoms in total. The Morgan fingerprint density at radius 1 is 0.600 bits per heavy atom. The fourth-order valence-electron chi connectivity index (χ4n) is 6.95. The van der Waals surface area contributed by atoms with E-state index in [-0.39, 0.29) is 36.4 Å². The van der Waals surface area contributed by atoms with Crippen LogP contribution in [0.15, 0.2) is 0 Å². The van der Waals surface area contributed by atoms with Gasteiger partial charge in [-0.1, -0.05) is 0 Å². The Kier molecular flexibility index (Phi) is 7.39. The summed E-state index contributed by atoms with van der Waals surface area (Å²) in [7, 11) is -1.83. The third kappa shape index (κ3) is 5.69. The van der Waals surface area contributed by atoms with Gasteiger partial charge in [0.05, 0.1) is 25.4 Å². The summed E-state index contributed by atoms with van der Waals surface area (Å²) < 4.78 is 82.0. The van der Waals surface area contributed by atoms with Gasteiger partial charge in [-0.3, -0.25) is 4.57 Å². The van der Waals surface area contributed by atoms with Gasteiger partial charge < -0.3 is 51.9 Å². The molecule has 40 heavy (non-hydrogen) atoms. The van der Waals surface area contributed by atoms with Crippen LogP contribution < -0.4 is 0 Å². The predicted octanol–water partition coefficient (Wildman–Crippen LogP) is 3.20. The van der Waals surface area contributed by atoms with Crippen molar-refractivity contribution < 1.29 is 56.5 Å². The van der Waals surface area contributed by atoms with Crippen LogP contribution in [0.3, 0.4) is 0 Å². The van der Waals surface area contributed by atoms with Crippen LogP contribution in [-0.4, -0.2) is 105 Å². The van der Waals surface area contributed by atoms with Crippen molar-refractivity contribution in [1.29, 1.82) is 0 Å². The van der Waals surface area contributed by atoms with Crippen LogP contribution in [0.2, 0.25) is 0 Å². The number of hydrogen-bond donors (Lipinski definition) is 0. The molecule has 6 heterocycles. The zero-order valence-electron chi connectivity index (χ0n) is 24.9. The van der Waals surface area contributed by atoms with Gasteiger partial charge in [-0.25, -0.2) is 0 Å². The highest BCUT2D eigenvalue weighted by Gasteiger charge is 2.62. The van der Waals surface area contributed by atoms with E-state index in [1.54, 1.807) is 0 Å². The largest absolute Gasteiger partial charge is 0.348 e. The van der Waals surface area contributed by atoms with Crippen molar-refractivity contribution in [2.24, 2.45) is 11.8 Å². The molecule has 0 bridgehead atoms. The number of fused-ring (bicyclic) bond motifs is 2. The minimum atomic E-state index is -3.32. The van der Waals surface area contributed by atoms with Gasteiger partial charge in [0, 0.05) is 31.3 Å². The normalized spacial score (nSPS) is 46.6. The topological polar surface area (TPSA) is 119 Å². The lowest BCUT2D eigenvalue weighted by Crippen LogP contribution is -2.43. The molecule has 6 fully saturated rings. The van der Waals surface area contributed by atoms with E-state index in [0.717, 1.165) is 0 Å². The zero-order valence-corrected chi connectivity index (χ0v) is 25.8. The maximum absolute atomic E-state index is 14.7. The summed E-state index contributed by atoms with van der Waals surface area (Å²) in [5.74, 6) is -3.78. The van der Waals surface area contributed by atoms with Crippen molar-refractivity contribution in [2.75, 3.05) is 32.6 Å². The summed E-state index contributed by atoms with van der Waals surface area (Å²) in [6.45, 7) is 15.6. The van der Waals surface area contributed by atoms with Crippen molar-refractivity contribution in [1.82, 2.24) is 0 Å². The van der Waals surface area contributed by atoms with E-state index in [9.17, 15) is 4.57 Å². The monoisotopic (exact) mass is 592 g/mol. The zero-order chi connectivity index (χ0) is 28.9. The fourth-order valence-corrected chi connectivity index (χ4v) is 9.52. The lowest BCUT2D eigenvalue weighted by atomic mass is 9.96. The van der Waals surface area contributed by atoms with E-state index in [2.05, 4.69) is 0 Å². The summed E-state index contributed by atoms with van der Waals surface area (Å²) in [5, 5.41) is 0. The average molecular weight is 593 g/mol. The molecule has 230 valence electrons. The molecule has 10 atom stereocenters. The Balaban J connectivity index is 1.25. The van der Waals surface area contributed by atoms with Gasteiger partial charge in [-0.05, 0) is 55.4 Å². The third-order valence-electron chi connectivity index (χ3n) is 8.55. The van der Waals surface area contributed by atoms with E-state index in [1.807, 2.05) is 55.4 Å². The summed E-state index contributed by atoms with van der Waals surface area (Å²) in [4.78, 5) is 0. The van der Waals surface area contributed by atoms with Gasteiger partial charge in [-0.15, -0.1) is 0 Å². The highest BCUT2D eigenvalue weighted by Crippen LogP contribution is 2.58. The van der Waals surface area contributed by atoms with Crippen LogP contribution in [0, 0.1) is 11.8 Å². The van der Waals surface area contributed by atoms with E-state index >= 15 is 0 Å².